The van der Waals surface area contributed by atoms with Gasteiger partial charge < -0.3 is 5.11 Å². The van der Waals surface area contributed by atoms with Gasteiger partial charge in [0.15, 0.2) is 0 Å². The Bertz CT molecular complexity index is 452. The van der Waals surface area contributed by atoms with Crippen molar-refractivity contribution in [1.82, 2.24) is 4.90 Å². The Morgan fingerprint density at radius 1 is 1.15 bits per heavy atom. The third kappa shape index (κ3) is 3.12. The fourth-order valence-corrected chi connectivity index (χ4v) is 4.07. The molecule has 1 aromatic carbocycles. The average molecular weight is 296 g/mol. The Balaban J connectivity index is 0.00000147. The van der Waals surface area contributed by atoms with Gasteiger partial charge in [0.1, 0.15) is 5.75 Å². The number of aromatic hydroxyl groups is 1. The second kappa shape index (κ2) is 6.36. The molecule has 2 aliphatic rings. The number of phenolic OH excluding ortho intramolecular Hbond substituents is 1. The number of nitrogens with zero attached hydrogens (tertiary/aromatic N) is 1. The fraction of sp³-hybridized carbons (Fsp3) is 0.647. The first-order chi connectivity index (χ1) is 9.13. The van der Waals surface area contributed by atoms with Crippen molar-refractivity contribution < 1.29 is 5.11 Å². The quantitative estimate of drug-likeness (QED) is 0.855. The van der Waals surface area contributed by atoms with Crippen LogP contribution in [0, 0.1) is 11.8 Å². The van der Waals surface area contributed by atoms with E-state index in [9.17, 15) is 5.11 Å². The second-order valence-corrected chi connectivity index (χ2v) is 6.71. The van der Waals surface area contributed by atoms with E-state index in [4.69, 9.17) is 0 Å². The molecule has 1 N–H and O–H groups in total. The maximum atomic E-state index is 10.1. The van der Waals surface area contributed by atoms with Crippen molar-refractivity contribution >= 4 is 12.4 Å². The summed E-state index contributed by atoms with van der Waals surface area (Å²) in [7, 11) is 0. The molecular weight excluding hydrogens is 270 g/mol. The molecule has 1 aliphatic carbocycles. The lowest BCUT2D eigenvalue weighted by molar-refractivity contribution is 0.0875. The molecule has 20 heavy (non-hydrogen) atoms. The molecule has 1 aromatic rings. The van der Waals surface area contributed by atoms with Gasteiger partial charge in [-0.3, -0.25) is 4.90 Å². The topological polar surface area (TPSA) is 23.5 Å². The molecule has 1 heterocycles. The molecule has 0 amide bonds. The van der Waals surface area contributed by atoms with Gasteiger partial charge >= 0.3 is 0 Å². The third-order valence-electron chi connectivity index (χ3n) is 4.85. The summed E-state index contributed by atoms with van der Waals surface area (Å²) in [5, 5.41) is 10.1. The van der Waals surface area contributed by atoms with Crippen LogP contribution < -0.4 is 0 Å². The van der Waals surface area contributed by atoms with Crippen LogP contribution in [-0.2, 0) is 12.8 Å². The van der Waals surface area contributed by atoms with Crippen LogP contribution >= 0.6 is 12.4 Å². The Hall–Kier alpha value is -0.730. The molecule has 3 rings (SSSR count). The van der Waals surface area contributed by atoms with Crippen molar-refractivity contribution in [3.05, 3.63) is 29.3 Å². The summed E-state index contributed by atoms with van der Waals surface area (Å²) in [5.41, 5.74) is 2.55. The number of hydrogen-bond donors (Lipinski definition) is 1. The molecule has 112 valence electrons. The van der Waals surface area contributed by atoms with Crippen molar-refractivity contribution in [1.29, 1.82) is 0 Å². The van der Waals surface area contributed by atoms with Crippen LogP contribution in [0.2, 0.25) is 0 Å². The summed E-state index contributed by atoms with van der Waals surface area (Å²) in [4.78, 5) is 2.67. The van der Waals surface area contributed by atoms with Crippen LogP contribution in [0.5, 0.6) is 5.75 Å². The molecule has 3 heteroatoms. The summed E-state index contributed by atoms with van der Waals surface area (Å²) in [6.07, 6.45) is 4.76. The first kappa shape index (κ1) is 15.7. The van der Waals surface area contributed by atoms with Gasteiger partial charge in [0.25, 0.3) is 0 Å². The monoisotopic (exact) mass is 295 g/mol. The van der Waals surface area contributed by atoms with Gasteiger partial charge in [0.05, 0.1) is 0 Å². The molecule has 2 nitrogen and oxygen atoms in total. The van der Waals surface area contributed by atoms with Gasteiger partial charge in [0, 0.05) is 19.1 Å². The lowest BCUT2D eigenvalue weighted by atomic mass is 9.84. The Kier molecular flexibility index (Phi) is 4.98. The minimum Gasteiger partial charge on any atom is -0.508 e. The van der Waals surface area contributed by atoms with Gasteiger partial charge in [-0.2, -0.15) is 0 Å². The summed E-state index contributed by atoms with van der Waals surface area (Å²) < 4.78 is 0. The van der Waals surface area contributed by atoms with Crippen LogP contribution in [-0.4, -0.2) is 29.1 Å². The zero-order chi connectivity index (χ0) is 13.4. The molecule has 0 radical (unpaired) electrons. The zero-order valence-corrected chi connectivity index (χ0v) is 13.3. The Morgan fingerprint density at radius 2 is 1.85 bits per heavy atom. The van der Waals surface area contributed by atoms with Gasteiger partial charge in [-0.15, -0.1) is 12.4 Å². The summed E-state index contributed by atoms with van der Waals surface area (Å²) in [6.45, 7) is 7.21. The van der Waals surface area contributed by atoms with Crippen molar-refractivity contribution in [3.8, 4) is 5.75 Å². The third-order valence-corrected chi connectivity index (χ3v) is 4.85. The number of piperidine rings is 1. The van der Waals surface area contributed by atoms with Crippen molar-refractivity contribution in [2.75, 3.05) is 13.1 Å². The molecule has 0 bridgehead atoms. The number of phenols is 1. The highest BCUT2D eigenvalue weighted by atomic mass is 35.5. The van der Waals surface area contributed by atoms with Crippen LogP contribution in [0.4, 0.5) is 0 Å². The predicted octanol–water partition coefficient (Wildman–Crippen LogP) is 3.65. The largest absolute Gasteiger partial charge is 0.508 e. The predicted molar refractivity (Wildman–Crippen MR) is 85.7 cm³/mol. The molecule has 0 saturated carbocycles. The molecular formula is C17H26ClNO. The Labute approximate surface area is 128 Å². The summed E-state index contributed by atoms with van der Waals surface area (Å²) in [5.74, 6) is 2.13. The minimum atomic E-state index is 0. The molecule has 1 saturated heterocycles. The molecule has 1 aliphatic heterocycles. The normalized spacial score (nSPS) is 30.4. The van der Waals surface area contributed by atoms with Crippen molar-refractivity contribution in [2.24, 2.45) is 11.8 Å². The van der Waals surface area contributed by atoms with Gasteiger partial charge in [0.2, 0.25) is 0 Å². The van der Waals surface area contributed by atoms with E-state index in [2.05, 4.69) is 24.8 Å². The Morgan fingerprint density at radius 3 is 2.55 bits per heavy atom. The van der Waals surface area contributed by atoms with Crippen molar-refractivity contribution in [3.63, 3.8) is 0 Å². The molecule has 0 aromatic heterocycles. The number of hydrogen-bond acceptors (Lipinski definition) is 2. The van der Waals surface area contributed by atoms with E-state index in [-0.39, 0.29) is 12.4 Å². The number of likely N-dealkylation sites (tertiary alicyclic amines) is 1. The highest BCUT2D eigenvalue weighted by molar-refractivity contribution is 5.85. The number of benzene rings is 1. The van der Waals surface area contributed by atoms with Gasteiger partial charge in [-0.1, -0.05) is 26.0 Å². The summed E-state index contributed by atoms with van der Waals surface area (Å²) >= 11 is 0. The number of rotatable bonds is 1. The van der Waals surface area contributed by atoms with Crippen molar-refractivity contribution in [2.45, 2.75) is 45.6 Å². The molecule has 3 atom stereocenters. The molecule has 1 fully saturated rings. The smallest absolute Gasteiger partial charge is 0.119 e. The van der Waals surface area contributed by atoms with Gasteiger partial charge in [-0.25, -0.2) is 0 Å². The van der Waals surface area contributed by atoms with E-state index < -0.39 is 0 Å². The van der Waals surface area contributed by atoms with E-state index >= 15 is 0 Å². The lowest BCUT2D eigenvalue weighted by Gasteiger charge is -2.42. The molecule has 3 unspecified atom stereocenters. The number of aryl methyl sites for hydroxylation is 1. The highest BCUT2D eigenvalue weighted by Crippen LogP contribution is 2.33. The van der Waals surface area contributed by atoms with E-state index in [1.54, 1.807) is 0 Å². The maximum absolute atomic E-state index is 10.1. The van der Waals surface area contributed by atoms with Crippen LogP contribution in [0.15, 0.2) is 18.2 Å². The van der Waals surface area contributed by atoms with Crippen LogP contribution in [0.3, 0.4) is 0 Å². The van der Waals surface area contributed by atoms with Gasteiger partial charge in [-0.05, 0) is 54.7 Å². The lowest BCUT2D eigenvalue weighted by Crippen LogP contribution is -2.47. The summed E-state index contributed by atoms with van der Waals surface area (Å²) in [6, 6.07) is 6.61. The van der Waals surface area contributed by atoms with E-state index in [1.165, 1.54) is 37.1 Å². The SMILES string of the molecule is CC1CC(C)CN(C2CCc3cccc(O)c3C2)C1.Cl. The molecule has 0 spiro atoms. The standard InChI is InChI=1S/C17H25NO.ClH/c1-12-8-13(2)11-18(10-12)15-7-6-14-4-3-5-17(19)16(14)9-15;/h3-5,12-13,15,19H,6-11H2,1-2H3;1H. The first-order valence-electron chi connectivity index (χ1n) is 7.67. The minimum absolute atomic E-state index is 0. The fourth-order valence-electron chi connectivity index (χ4n) is 4.07. The van der Waals surface area contributed by atoms with Crippen LogP contribution in [0.25, 0.3) is 0 Å². The van der Waals surface area contributed by atoms with Crippen LogP contribution in [0.1, 0.15) is 37.8 Å². The maximum Gasteiger partial charge on any atom is 0.119 e. The number of halogens is 1. The number of fused-ring (bicyclic) bond motifs is 1. The zero-order valence-electron chi connectivity index (χ0n) is 12.5. The first-order valence-corrected chi connectivity index (χ1v) is 7.67. The average Bonchev–Trinajstić information content (AvgIpc) is 2.38. The van der Waals surface area contributed by atoms with E-state index in [1.807, 2.05) is 12.1 Å². The second-order valence-electron chi connectivity index (χ2n) is 6.71. The van der Waals surface area contributed by atoms with E-state index in [0.717, 1.165) is 24.7 Å². The highest BCUT2D eigenvalue weighted by Gasteiger charge is 2.30. The van der Waals surface area contributed by atoms with E-state index in [0.29, 0.717) is 11.8 Å².